The zero-order chi connectivity index (χ0) is 14.4. The van der Waals surface area contributed by atoms with Crippen molar-refractivity contribution in [3.8, 4) is 0 Å². The molecule has 0 aromatic carbocycles. The minimum absolute atomic E-state index is 0.121. The van der Waals surface area contributed by atoms with Crippen molar-refractivity contribution in [1.29, 1.82) is 0 Å². The fraction of sp³-hybridized carbons (Fsp3) is 0.933. The summed E-state index contributed by atoms with van der Waals surface area (Å²) in [6, 6.07) is 0.633. The highest BCUT2D eigenvalue weighted by atomic mass is 16.2. The van der Waals surface area contributed by atoms with Crippen molar-refractivity contribution in [3.05, 3.63) is 0 Å². The van der Waals surface area contributed by atoms with Gasteiger partial charge in [-0.3, -0.25) is 4.79 Å². The summed E-state index contributed by atoms with van der Waals surface area (Å²) < 4.78 is 0. The molecule has 1 amide bonds. The van der Waals surface area contributed by atoms with Crippen LogP contribution < -0.4 is 5.73 Å². The molecular weight excluding hydrogens is 238 g/mol. The standard InChI is InChI=1S/C15H31N3O/c1-12(7-5-8-13(2)16)15(19)18(4)14-9-6-10-17(3)11-14/h12-14H,5-11,16H2,1-4H3. The number of nitrogens with two attached hydrogens (primary N) is 1. The molecule has 19 heavy (non-hydrogen) atoms. The molecule has 0 saturated carbocycles. The van der Waals surface area contributed by atoms with Crippen molar-refractivity contribution < 1.29 is 4.79 Å². The van der Waals surface area contributed by atoms with Crippen molar-refractivity contribution in [2.45, 2.75) is 58.0 Å². The van der Waals surface area contributed by atoms with Gasteiger partial charge in [-0.15, -0.1) is 0 Å². The molecule has 0 bridgehead atoms. The second-order valence-electron chi connectivity index (χ2n) is 6.32. The van der Waals surface area contributed by atoms with Crippen LogP contribution in [0, 0.1) is 5.92 Å². The van der Waals surface area contributed by atoms with Gasteiger partial charge in [0.15, 0.2) is 0 Å². The van der Waals surface area contributed by atoms with Crippen LogP contribution in [0.5, 0.6) is 0 Å². The van der Waals surface area contributed by atoms with Crippen LogP contribution in [-0.4, -0.2) is 55.0 Å². The largest absolute Gasteiger partial charge is 0.341 e. The normalized spacial score (nSPS) is 23.9. The Morgan fingerprint density at radius 2 is 2.11 bits per heavy atom. The molecule has 1 heterocycles. The molecule has 1 rings (SSSR count). The number of likely N-dealkylation sites (N-methyl/N-ethyl adjacent to an activating group) is 2. The summed E-state index contributed by atoms with van der Waals surface area (Å²) in [6.45, 7) is 6.24. The van der Waals surface area contributed by atoms with E-state index >= 15 is 0 Å². The summed E-state index contributed by atoms with van der Waals surface area (Å²) in [5, 5.41) is 0. The Labute approximate surface area is 118 Å². The third kappa shape index (κ3) is 5.49. The minimum Gasteiger partial charge on any atom is -0.341 e. The fourth-order valence-corrected chi connectivity index (χ4v) is 2.85. The number of rotatable bonds is 6. The topological polar surface area (TPSA) is 49.6 Å². The molecule has 1 aliphatic rings. The lowest BCUT2D eigenvalue weighted by molar-refractivity contribution is -0.137. The molecule has 0 spiro atoms. The first kappa shape index (κ1) is 16.4. The molecule has 0 aromatic rings. The highest BCUT2D eigenvalue weighted by Crippen LogP contribution is 2.18. The smallest absolute Gasteiger partial charge is 0.225 e. The number of likely N-dealkylation sites (tertiary alicyclic amines) is 1. The molecule has 0 radical (unpaired) electrons. The Morgan fingerprint density at radius 1 is 1.42 bits per heavy atom. The van der Waals surface area contributed by atoms with Gasteiger partial charge >= 0.3 is 0 Å². The molecule has 3 atom stereocenters. The maximum Gasteiger partial charge on any atom is 0.225 e. The number of carbonyl (C=O) groups is 1. The fourth-order valence-electron chi connectivity index (χ4n) is 2.85. The van der Waals surface area contributed by atoms with Crippen LogP contribution in [0.15, 0.2) is 0 Å². The molecule has 1 fully saturated rings. The number of hydrogen-bond acceptors (Lipinski definition) is 3. The highest BCUT2D eigenvalue weighted by Gasteiger charge is 2.26. The number of hydrogen-bond donors (Lipinski definition) is 1. The number of carbonyl (C=O) groups excluding carboxylic acids is 1. The molecule has 1 aliphatic heterocycles. The number of nitrogens with zero attached hydrogens (tertiary/aromatic N) is 2. The van der Waals surface area contributed by atoms with E-state index in [0.717, 1.165) is 38.8 Å². The van der Waals surface area contributed by atoms with E-state index in [-0.39, 0.29) is 12.0 Å². The first-order valence-corrected chi connectivity index (χ1v) is 7.62. The van der Waals surface area contributed by atoms with Crippen molar-refractivity contribution in [3.63, 3.8) is 0 Å². The van der Waals surface area contributed by atoms with Crippen LogP contribution in [0.1, 0.15) is 46.0 Å². The van der Waals surface area contributed by atoms with Crippen LogP contribution in [0.2, 0.25) is 0 Å². The summed E-state index contributed by atoms with van der Waals surface area (Å²) in [4.78, 5) is 16.7. The van der Waals surface area contributed by atoms with E-state index < -0.39 is 0 Å². The van der Waals surface area contributed by atoms with Crippen molar-refractivity contribution >= 4 is 5.91 Å². The lowest BCUT2D eigenvalue weighted by Crippen LogP contribution is -2.48. The number of amides is 1. The summed E-state index contributed by atoms with van der Waals surface area (Å²) in [6.07, 6.45) is 5.33. The molecule has 112 valence electrons. The van der Waals surface area contributed by atoms with Crippen molar-refractivity contribution in [2.24, 2.45) is 11.7 Å². The van der Waals surface area contributed by atoms with Gasteiger partial charge in [0.2, 0.25) is 5.91 Å². The monoisotopic (exact) mass is 269 g/mol. The zero-order valence-electron chi connectivity index (χ0n) is 13.1. The number of piperidine rings is 1. The summed E-state index contributed by atoms with van der Waals surface area (Å²) >= 11 is 0. The van der Waals surface area contributed by atoms with E-state index in [1.54, 1.807) is 0 Å². The van der Waals surface area contributed by atoms with Crippen LogP contribution in [0.25, 0.3) is 0 Å². The van der Waals surface area contributed by atoms with Crippen molar-refractivity contribution in [1.82, 2.24) is 9.80 Å². The summed E-state index contributed by atoms with van der Waals surface area (Å²) in [7, 11) is 4.10. The van der Waals surface area contributed by atoms with Crippen molar-refractivity contribution in [2.75, 3.05) is 27.2 Å². The summed E-state index contributed by atoms with van der Waals surface area (Å²) in [5.41, 5.74) is 5.75. The Kier molecular flexibility index (Phi) is 6.80. The van der Waals surface area contributed by atoms with Gasteiger partial charge in [-0.1, -0.05) is 13.3 Å². The first-order valence-electron chi connectivity index (χ1n) is 7.62. The zero-order valence-corrected chi connectivity index (χ0v) is 13.1. The van der Waals surface area contributed by atoms with Crippen LogP contribution in [0.4, 0.5) is 0 Å². The van der Waals surface area contributed by atoms with Gasteiger partial charge in [-0.05, 0) is 46.2 Å². The third-order valence-corrected chi connectivity index (χ3v) is 4.21. The second kappa shape index (κ2) is 7.85. The summed E-state index contributed by atoms with van der Waals surface area (Å²) in [5.74, 6) is 0.418. The lowest BCUT2D eigenvalue weighted by Gasteiger charge is -2.37. The third-order valence-electron chi connectivity index (χ3n) is 4.21. The molecule has 0 aromatic heterocycles. The van der Waals surface area contributed by atoms with Crippen LogP contribution in [0.3, 0.4) is 0 Å². The molecule has 4 nitrogen and oxygen atoms in total. The van der Waals surface area contributed by atoms with E-state index in [0.29, 0.717) is 11.9 Å². The van der Waals surface area contributed by atoms with E-state index in [1.807, 2.05) is 25.8 Å². The Hall–Kier alpha value is -0.610. The minimum atomic E-state index is 0.121. The predicted octanol–water partition coefficient (Wildman–Crippen LogP) is 1.69. The Balaban J connectivity index is 2.37. The molecule has 2 N–H and O–H groups in total. The lowest BCUT2D eigenvalue weighted by atomic mass is 9.98. The Bertz CT molecular complexity index is 281. The average molecular weight is 269 g/mol. The SMILES string of the molecule is CC(N)CCCC(C)C(=O)N(C)C1CCCN(C)C1. The molecule has 4 heteroatoms. The van der Waals surface area contributed by atoms with Gasteiger partial charge in [-0.2, -0.15) is 0 Å². The average Bonchev–Trinajstić information content (AvgIpc) is 2.36. The highest BCUT2D eigenvalue weighted by molar-refractivity contribution is 5.78. The van der Waals surface area contributed by atoms with Gasteiger partial charge < -0.3 is 15.5 Å². The van der Waals surface area contributed by atoms with Gasteiger partial charge in [0.05, 0.1) is 0 Å². The molecule has 3 unspecified atom stereocenters. The van der Waals surface area contributed by atoms with E-state index in [1.165, 1.54) is 6.42 Å². The van der Waals surface area contributed by atoms with Gasteiger partial charge in [0.25, 0.3) is 0 Å². The maximum absolute atomic E-state index is 12.4. The first-order chi connectivity index (χ1) is 8.91. The van der Waals surface area contributed by atoms with Crippen LogP contribution >= 0.6 is 0 Å². The van der Waals surface area contributed by atoms with Gasteiger partial charge in [0, 0.05) is 31.6 Å². The van der Waals surface area contributed by atoms with Crippen LogP contribution in [-0.2, 0) is 4.79 Å². The molecule has 0 aliphatic carbocycles. The van der Waals surface area contributed by atoms with E-state index in [4.69, 9.17) is 5.73 Å². The maximum atomic E-state index is 12.4. The van der Waals surface area contributed by atoms with Gasteiger partial charge in [-0.25, -0.2) is 0 Å². The van der Waals surface area contributed by atoms with Gasteiger partial charge in [0.1, 0.15) is 0 Å². The second-order valence-corrected chi connectivity index (χ2v) is 6.32. The predicted molar refractivity (Wildman–Crippen MR) is 80.0 cm³/mol. The molecular formula is C15H31N3O. The quantitative estimate of drug-likeness (QED) is 0.798. The van der Waals surface area contributed by atoms with E-state index in [2.05, 4.69) is 11.9 Å². The molecule has 1 saturated heterocycles. The van der Waals surface area contributed by atoms with E-state index in [9.17, 15) is 4.79 Å². The Morgan fingerprint density at radius 3 is 2.68 bits per heavy atom.